The zero-order chi connectivity index (χ0) is 11.8. The van der Waals surface area contributed by atoms with Crippen molar-refractivity contribution in [2.75, 3.05) is 11.9 Å². The lowest BCUT2D eigenvalue weighted by Gasteiger charge is -2.11. The Morgan fingerprint density at radius 2 is 2.38 bits per heavy atom. The third-order valence-electron chi connectivity index (χ3n) is 2.97. The highest BCUT2D eigenvalue weighted by atomic mass is 79.9. The van der Waals surface area contributed by atoms with E-state index in [0.717, 1.165) is 17.4 Å². The third-order valence-corrected chi connectivity index (χ3v) is 5.86. The largest absolute Gasteiger partial charge is 0.351 e. The van der Waals surface area contributed by atoms with Gasteiger partial charge in [0.05, 0.1) is 5.02 Å². The summed E-state index contributed by atoms with van der Waals surface area (Å²) in [5.74, 6) is -0.0460. The van der Waals surface area contributed by atoms with Gasteiger partial charge in [-0.2, -0.15) is 0 Å². The lowest BCUT2D eigenvalue weighted by molar-refractivity contribution is 0.0951. The van der Waals surface area contributed by atoms with Crippen LogP contribution in [0.5, 0.6) is 0 Å². The van der Waals surface area contributed by atoms with Crippen LogP contribution in [-0.4, -0.2) is 17.8 Å². The van der Waals surface area contributed by atoms with Crippen LogP contribution in [0, 0.1) is 12.3 Å². The van der Waals surface area contributed by atoms with Crippen molar-refractivity contribution in [3.63, 3.8) is 0 Å². The fourth-order valence-electron chi connectivity index (χ4n) is 1.47. The van der Waals surface area contributed by atoms with Crippen LogP contribution in [0.4, 0.5) is 0 Å². The minimum Gasteiger partial charge on any atom is -0.351 e. The molecule has 1 amide bonds. The Kier molecular flexibility index (Phi) is 3.62. The molecule has 1 saturated carbocycles. The zero-order valence-electron chi connectivity index (χ0n) is 8.98. The first-order chi connectivity index (χ1) is 7.58. The standard InChI is InChI=1S/C11H13BrClNOS/c1-7-4-16-9(8(7)13)10(15)14-6-11(5-12)2-3-11/h4H,2-3,5-6H2,1H3,(H,14,15). The van der Waals surface area contributed by atoms with Crippen LogP contribution < -0.4 is 5.32 Å². The van der Waals surface area contributed by atoms with Gasteiger partial charge in [0.1, 0.15) is 4.88 Å². The quantitative estimate of drug-likeness (QED) is 0.843. The Labute approximate surface area is 113 Å². The summed E-state index contributed by atoms with van der Waals surface area (Å²) in [6.07, 6.45) is 2.38. The van der Waals surface area contributed by atoms with E-state index in [1.807, 2.05) is 12.3 Å². The molecule has 0 bridgehead atoms. The predicted molar refractivity (Wildman–Crippen MR) is 71.9 cm³/mol. The monoisotopic (exact) mass is 321 g/mol. The van der Waals surface area contributed by atoms with Crippen molar-refractivity contribution in [2.45, 2.75) is 19.8 Å². The average Bonchev–Trinajstić information content (AvgIpc) is 2.99. The molecule has 1 aliphatic carbocycles. The SMILES string of the molecule is Cc1csc(C(=O)NCC2(CBr)CC2)c1Cl. The zero-order valence-corrected chi connectivity index (χ0v) is 12.1. The second-order valence-electron chi connectivity index (χ2n) is 4.38. The molecule has 0 radical (unpaired) electrons. The van der Waals surface area contributed by atoms with E-state index in [1.165, 1.54) is 24.2 Å². The summed E-state index contributed by atoms with van der Waals surface area (Å²) in [6.45, 7) is 2.65. The van der Waals surface area contributed by atoms with Crippen LogP contribution in [0.2, 0.25) is 5.02 Å². The Hall–Kier alpha value is -0.0600. The smallest absolute Gasteiger partial charge is 0.262 e. The Morgan fingerprint density at radius 1 is 1.69 bits per heavy atom. The van der Waals surface area contributed by atoms with E-state index < -0.39 is 0 Å². The molecule has 0 saturated heterocycles. The Bertz CT molecular complexity index is 414. The molecule has 1 N–H and O–H groups in total. The molecule has 1 aromatic rings. The first-order valence-electron chi connectivity index (χ1n) is 5.16. The van der Waals surface area contributed by atoms with Gasteiger partial charge in [0, 0.05) is 11.9 Å². The Morgan fingerprint density at radius 3 is 2.81 bits per heavy atom. The van der Waals surface area contributed by atoms with E-state index >= 15 is 0 Å². The molecular weight excluding hydrogens is 310 g/mol. The van der Waals surface area contributed by atoms with Crippen LogP contribution >= 0.6 is 38.9 Å². The number of rotatable bonds is 4. The van der Waals surface area contributed by atoms with Crippen molar-refractivity contribution < 1.29 is 4.79 Å². The Balaban J connectivity index is 1.96. The van der Waals surface area contributed by atoms with E-state index in [-0.39, 0.29) is 5.91 Å². The molecule has 16 heavy (non-hydrogen) atoms. The van der Waals surface area contributed by atoms with E-state index in [4.69, 9.17) is 11.6 Å². The minimum absolute atomic E-state index is 0.0460. The summed E-state index contributed by atoms with van der Waals surface area (Å²) in [7, 11) is 0. The van der Waals surface area contributed by atoms with Crippen molar-refractivity contribution in [1.29, 1.82) is 0 Å². The summed E-state index contributed by atoms with van der Waals surface area (Å²) < 4.78 is 0. The number of carbonyl (C=O) groups excluding carboxylic acids is 1. The normalized spacial score (nSPS) is 17.2. The summed E-state index contributed by atoms with van der Waals surface area (Å²) in [6, 6.07) is 0. The fourth-order valence-corrected chi connectivity index (χ4v) is 3.42. The molecule has 88 valence electrons. The maximum atomic E-state index is 11.9. The van der Waals surface area contributed by atoms with Crippen molar-refractivity contribution in [1.82, 2.24) is 5.32 Å². The highest BCUT2D eigenvalue weighted by molar-refractivity contribution is 9.09. The molecule has 0 aliphatic heterocycles. The topological polar surface area (TPSA) is 29.1 Å². The number of aryl methyl sites for hydroxylation is 1. The number of alkyl halides is 1. The van der Waals surface area contributed by atoms with Gasteiger partial charge in [-0.05, 0) is 36.1 Å². The van der Waals surface area contributed by atoms with Gasteiger partial charge in [-0.3, -0.25) is 4.79 Å². The number of halogens is 2. The molecule has 2 nitrogen and oxygen atoms in total. The van der Waals surface area contributed by atoms with Crippen molar-refractivity contribution in [3.8, 4) is 0 Å². The molecule has 1 aromatic heterocycles. The maximum absolute atomic E-state index is 11.9. The molecule has 1 heterocycles. The number of carbonyl (C=O) groups is 1. The molecule has 5 heteroatoms. The van der Waals surface area contributed by atoms with Crippen LogP contribution in [0.15, 0.2) is 5.38 Å². The van der Waals surface area contributed by atoms with Crippen LogP contribution in [0.25, 0.3) is 0 Å². The molecule has 0 atom stereocenters. The summed E-state index contributed by atoms with van der Waals surface area (Å²) in [4.78, 5) is 12.5. The summed E-state index contributed by atoms with van der Waals surface area (Å²) in [5.41, 5.74) is 1.27. The van der Waals surface area contributed by atoms with Gasteiger partial charge in [-0.15, -0.1) is 11.3 Å². The van der Waals surface area contributed by atoms with E-state index in [0.29, 0.717) is 15.3 Å². The van der Waals surface area contributed by atoms with Gasteiger partial charge in [-0.25, -0.2) is 0 Å². The predicted octanol–water partition coefficient (Wildman–Crippen LogP) is 3.61. The highest BCUT2D eigenvalue weighted by Crippen LogP contribution is 2.46. The van der Waals surface area contributed by atoms with E-state index in [2.05, 4.69) is 21.2 Å². The maximum Gasteiger partial charge on any atom is 0.262 e. The van der Waals surface area contributed by atoms with E-state index in [1.54, 1.807) is 0 Å². The van der Waals surface area contributed by atoms with Crippen molar-refractivity contribution in [3.05, 3.63) is 20.8 Å². The number of thiophene rings is 1. The van der Waals surface area contributed by atoms with Gasteiger partial charge >= 0.3 is 0 Å². The molecule has 0 unspecified atom stereocenters. The van der Waals surface area contributed by atoms with Crippen LogP contribution in [-0.2, 0) is 0 Å². The van der Waals surface area contributed by atoms with Gasteiger partial charge < -0.3 is 5.32 Å². The number of amides is 1. The van der Waals surface area contributed by atoms with Gasteiger partial charge in [0.25, 0.3) is 5.91 Å². The number of hydrogen-bond donors (Lipinski definition) is 1. The van der Waals surface area contributed by atoms with Crippen LogP contribution in [0.3, 0.4) is 0 Å². The third kappa shape index (κ3) is 2.44. The first kappa shape index (κ1) is 12.4. The lowest BCUT2D eigenvalue weighted by Crippen LogP contribution is -2.30. The molecule has 0 spiro atoms. The number of nitrogens with one attached hydrogen (secondary N) is 1. The summed E-state index contributed by atoms with van der Waals surface area (Å²) in [5, 5.41) is 6.42. The second-order valence-corrected chi connectivity index (χ2v) is 6.20. The molecule has 1 aliphatic rings. The minimum atomic E-state index is -0.0460. The van der Waals surface area contributed by atoms with Gasteiger partial charge in [0.15, 0.2) is 0 Å². The molecule has 1 fully saturated rings. The molecule has 0 aromatic carbocycles. The molecule has 2 rings (SSSR count). The first-order valence-corrected chi connectivity index (χ1v) is 7.54. The highest BCUT2D eigenvalue weighted by Gasteiger charge is 2.41. The van der Waals surface area contributed by atoms with Crippen molar-refractivity contribution >= 4 is 44.8 Å². The van der Waals surface area contributed by atoms with Gasteiger partial charge in [-0.1, -0.05) is 27.5 Å². The van der Waals surface area contributed by atoms with Gasteiger partial charge in [0.2, 0.25) is 0 Å². The average molecular weight is 323 g/mol. The van der Waals surface area contributed by atoms with Crippen LogP contribution in [0.1, 0.15) is 28.1 Å². The number of hydrogen-bond acceptors (Lipinski definition) is 2. The fraction of sp³-hybridized carbons (Fsp3) is 0.545. The second kappa shape index (κ2) is 4.67. The lowest BCUT2D eigenvalue weighted by atomic mass is 10.1. The molecular formula is C11H13BrClNOS. The van der Waals surface area contributed by atoms with Crippen molar-refractivity contribution in [2.24, 2.45) is 5.41 Å². The van der Waals surface area contributed by atoms with E-state index in [9.17, 15) is 4.79 Å². The summed E-state index contributed by atoms with van der Waals surface area (Å²) >= 11 is 10.9.